The van der Waals surface area contributed by atoms with Gasteiger partial charge in [-0.1, -0.05) is 78.5 Å². The number of benzene rings is 2. The average Bonchev–Trinajstić information content (AvgIpc) is 2.39. The molecule has 0 atom stereocenters. The third kappa shape index (κ3) is 2.97. The van der Waals surface area contributed by atoms with Crippen molar-refractivity contribution in [1.29, 1.82) is 0 Å². The lowest BCUT2D eigenvalue weighted by Gasteiger charge is -2.06. The molecule has 2 aromatic rings. The summed E-state index contributed by atoms with van der Waals surface area (Å²) in [7, 11) is 0. The number of hydrogen-bond acceptors (Lipinski definition) is 2. The standard InChI is InChI=1S/C14H9ClS2/c15-12-8-6-11(7-9-12)14(17)13(16)10-4-2-1-3-5-10/h1-9H. The molecule has 0 radical (unpaired) electrons. The Balaban J connectivity index is 2.27. The Hall–Kier alpha value is -1.09. The Labute approximate surface area is 116 Å². The number of thiocarbonyl (C=S) groups is 2. The van der Waals surface area contributed by atoms with E-state index in [2.05, 4.69) is 0 Å². The van der Waals surface area contributed by atoms with E-state index in [1.54, 1.807) is 0 Å². The van der Waals surface area contributed by atoms with Crippen molar-refractivity contribution in [1.82, 2.24) is 0 Å². The quantitative estimate of drug-likeness (QED) is 0.599. The van der Waals surface area contributed by atoms with Crippen molar-refractivity contribution in [2.24, 2.45) is 0 Å². The summed E-state index contributed by atoms with van der Waals surface area (Å²) < 4.78 is 0. The molecule has 0 saturated carbocycles. The van der Waals surface area contributed by atoms with E-state index in [1.807, 2.05) is 54.6 Å². The van der Waals surface area contributed by atoms with E-state index in [4.69, 9.17) is 36.0 Å². The predicted octanol–water partition coefficient (Wildman–Crippen LogP) is 4.48. The first-order valence-corrected chi connectivity index (χ1v) is 6.27. The summed E-state index contributed by atoms with van der Waals surface area (Å²) in [5.74, 6) is 0. The van der Waals surface area contributed by atoms with Crippen LogP contribution in [0.4, 0.5) is 0 Å². The maximum Gasteiger partial charge on any atom is 0.0636 e. The first-order valence-electron chi connectivity index (χ1n) is 5.08. The van der Waals surface area contributed by atoms with Gasteiger partial charge in [-0.3, -0.25) is 0 Å². The fourth-order valence-electron chi connectivity index (χ4n) is 1.45. The minimum Gasteiger partial charge on any atom is -0.0843 e. The normalized spacial score (nSPS) is 9.94. The molecule has 0 nitrogen and oxygen atoms in total. The van der Waals surface area contributed by atoms with E-state index in [0.29, 0.717) is 14.8 Å². The fraction of sp³-hybridized carbons (Fsp3) is 0. The zero-order valence-corrected chi connectivity index (χ0v) is 11.3. The van der Waals surface area contributed by atoms with E-state index < -0.39 is 0 Å². The zero-order valence-electron chi connectivity index (χ0n) is 8.89. The second-order valence-electron chi connectivity index (χ2n) is 3.53. The van der Waals surface area contributed by atoms with Crippen LogP contribution in [0.2, 0.25) is 5.02 Å². The number of rotatable bonds is 3. The molecular formula is C14H9ClS2. The third-order valence-corrected chi connectivity index (χ3v) is 3.61. The van der Waals surface area contributed by atoms with Crippen LogP contribution >= 0.6 is 36.0 Å². The molecule has 0 heterocycles. The summed E-state index contributed by atoms with van der Waals surface area (Å²) in [5, 5.41) is 0.696. The molecule has 0 spiro atoms. The Morgan fingerprint density at radius 3 is 1.71 bits per heavy atom. The van der Waals surface area contributed by atoms with E-state index in [0.717, 1.165) is 11.1 Å². The smallest absolute Gasteiger partial charge is 0.0636 e. The molecule has 2 aromatic carbocycles. The molecule has 0 N–H and O–H groups in total. The van der Waals surface area contributed by atoms with Gasteiger partial charge in [0.25, 0.3) is 0 Å². The minimum absolute atomic E-state index is 0.683. The third-order valence-electron chi connectivity index (χ3n) is 2.35. The van der Waals surface area contributed by atoms with E-state index >= 15 is 0 Å². The van der Waals surface area contributed by atoms with Crippen LogP contribution in [0, 0.1) is 0 Å². The van der Waals surface area contributed by atoms with Crippen LogP contribution in [0.5, 0.6) is 0 Å². The monoisotopic (exact) mass is 276 g/mol. The summed E-state index contributed by atoms with van der Waals surface area (Å²) in [6.07, 6.45) is 0. The van der Waals surface area contributed by atoms with Crippen LogP contribution in [0.1, 0.15) is 11.1 Å². The van der Waals surface area contributed by atoms with E-state index in [1.165, 1.54) is 0 Å². The molecular weight excluding hydrogens is 268 g/mol. The summed E-state index contributed by atoms with van der Waals surface area (Å²) in [6, 6.07) is 17.2. The lowest BCUT2D eigenvalue weighted by molar-refractivity contribution is 1.66. The van der Waals surface area contributed by atoms with Crippen LogP contribution in [-0.2, 0) is 0 Å². The van der Waals surface area contributed by atoms with Gasteiger partial charge in [0.1, 0.15) is 0 Å². The van der Waals surface area contributed by atoms with Gasteiger partial charge in [-0.25, -0.2) is 0 Å². The summed E-state index contributed by atoms with van der Waals surface area (Å²) in [6.45, 7) is 0. The topological polar surface area (TPSA) is 0 Å². The summed E-state index contributed by atoms with van der Waals surface area (Å²) in [5.41, 5.74) is 1.90. The van der Waals surface area contributed by atoms with Gasteiger partial charge >= 0.3 is 0 Å². The van der Waals surface area contributed by atoms with Gasteiger partial charge in [0.2, 0.25) is 0 Å². The maximum atomic E-state index is 5.84. The first-order chi connectivity index (χ1) is 8.18. The Morgan fingerprint density at radius 2 is 1.18 bits per heavy atom. The predicted molar refractivity (Wildman–Crippen MR) is 81.3 cm³/mol. The van der Waals surface area contributed by atoms with Crippen LogP contribution in [0.15, 0.2) is 54.6 Å². The Bertz CT molecular complexity index is 544. The van der Waals surface area contributed by atoms with Crippen molar-refractivity contribution in [2.45, 2.75) is 0 Å². The highest BCUT2D eigenvalue weighted by Gasteiger charge is 2.09. The van der Waals surface area contributed by atoms with Crippen molar-refractivity contribution in [3.63, 3.8) is 0 Å². The highest BCUT2D eigenvalue weighted by Crippen LogP contribution is 2.14. The molecule has 84 valence electrons. The average molecular weight is 277 g/mol. The second-order valence-corrected chi connectivity index (χ2v) is 4.78. The highest BCUT2D eigenvalue weighted by molar-refractivity contribution is 7.90. The van der Waals surface area contributed by atoms with Crippen molar-refractivity contribution in [3.05, 3.63) is 70.7 Å². The van der Waals surface area contributed by atoms with Gasteiger partial charge in [0, 0.05) is 5.02 Å². The molecule has 0 unspecified atom stereocenters. The van der Waals surface area contributed by atoms with Crippen molar-refractivity contribution < 1.29 is 0 Å². The summed E-state index contributed by atoms with van der Waals surface area (Å²) in [4.78, 5) is 1.38. The van der Waals surface area contributed by atoms with Gasteiger partial charge in [0.15, 0.2) is 0 Å². The minimum atomic E-state index is 0.683. The lowest BCUT2D eigenvalue weighted by Crippen LogP contribution is -2.11. The van der Waals surface area contributed by atoms with Gasteiger partial charge in [-0.15, -0.1) is 0 Å². The lowest BCUT2D eigenvalue weighted by atomic mass is 10.0. The fourth-order valence-corrected chi connectivity index (χ4v) is 2.09. The van der Waals surface area contributed by atoms with Crippen molar-refractivity contribution >= 4 is 45.8 Å². The molecule has 0 bridgehead atoms. The molecule has 0 aliphatic rings. The SMILES string of the molecule is S=C(C(=S)c1ccc(Cl)cc1)c1ccccc1. The van der Waals surface area contributed by atoms with E-state index in [9.17, 15) is 0 Å². The van der Waals surface area contributed by atoms with Gasteiger partial charge in [0.05, 0.1) is 9.73 Å². The number of hydrogen-bond donors (Lipinski definition) is 0. The van der Waals surface area contributed by atoms with Gasteiger partial charge < -0.3 is 0 Å². The number of halogens is 1. The van der Waals surface area contributed by atoms with Crippen LogP contribution < -0.4 is 0 Å². The molecule has 0 saturated heterocycles. The largest absolute Gasteiger partial charge is 0.0843 e. The van der Waals surface area contributed by atoms with Crippen LogP contribution in [-0.4, -0.2) is 9.73 Å². The maximum absolute atomic E-state index is 5.84. The first kappa shape index (κ1) is 12.4. The van der Waals surface area contributed by atoms with Gasteiger partial charge in [-0.2, -0.15) is 0 Å². The van der Waals surface area contributed by atoms with Gasteiger partial charge in [-0.05, 0) is 23.3 Å². The molecule has 0 aliphatic heterocycles. The Kier molecular flexibility index (Phi) is 4.00. The Morgan fingerprint density at radius 1 is 0.706 bits per heavy atom. The molecule has 0 fully saturated rings. The molecule has 0 aromatic heterocycles. The van der Waals surface area contributed by atoms with E-state index in [-0.39, 0.29) is 0 Å². The molecule has 3 heteroatoms. The second kappa shape index (κ2) is 5.50. The zero-order chi connectivity index (χ0) is 12.3. The molecule has 2 rings (SSSR count). The highest BCUT2D eigenvalue weighted by atomic mass is 35.5. The van der Waals surface area contributed by atoms with Crippen molar-refractivity contribution in [3.8, 4) is 0 Å². The molecule has 0 amide bonds. The van der Waals surface area contributed by atoms with Crippen LogP contribution in [0.3, 0.4) is 0 Å². The van der Waals surface area contributed by atoms with Crippen molar-refractivity contribution in [2.75, 3.05) is 0 Å². The molecule has 17 heavy (non-hydrogen) atoms. The summed E-state index contributed by atoms with van der Waals surface area (Å²) >= 11 is 16.6. The molecule has 0 aliphatic carbocycles. The van der Waals surface area contributed by atoms with Crippen LogP contribution in [0.25, 0.3) is 0 Å².